The van der Waals surface area contributed by atoms with Crippen molar-refractivity contribution in [2.24, 2.45) is 5.92 Å². The number of nitrogens with zero attached hydrogens (tertiary/aromatic N) is 1. The second kappa shape index (κ2) is 9.69. The molecule has 0 amide bonds. The van der Waals surface area contributed by atoms with Crippen LogP contribution in [0.4, 0.5) is 4.39 Å². The highest BCUT2D eigenvalue weighted by Gasteiger charge is 2.30. The molecule has 5 rings (SSSR count). The predicted octanol–water partition coefficient (Wildman–Crippen LogP) is 6.39. The summed E-state index contributed by atoms with van der Waals surface area (Å²) < 4.78 is 24.9. The monoisotopic (exact) mass is 479 g/mol. The van der Waals surface area contributed by atoms with E-state index in [1.165, 1.54) is 0 Å². The number of hydrogen-bond donors (Lipinski definition) is 1. The molecule has 0 radical (unpaired) electrons. The number of benzene rings is 3. The van der Waals surface area contributed by atoms with Crippen molar-refractivity contribution in [1.82, 2.24) is 4.90 Å². The summed E-state index contributed by atoms with van der Waals surface area (Å²) in [6.07, 6.45) is -0.344. The first-order valence-corrected chi connectivity index (χ1v) is 11.9. The van der Waals surface area contributed by atoms with Crippen LogP contribution < -0.4 is 9.47 Å². The second-order valence-electron chi connectivity index (χ2n) is 8.92. The van der Waals surface area contributed by atoms with Crippen molar-refractivity contribution >= 4 is 22.7 Å². The minimum absolute atomic E-state index is 0.170. The van der Waals surface area contributed by atoms with Crippen LogP contribution in [-0.2, 0) is 0 Å². The molecular formula is C28H27ClFNO3. The van der Waals surface area contributed by atoms with Gasteiger partial charge in [0.2, 0.25) is 0 Å². The summed E-state index contributed by atoms with van der Waals surface area (Å²) >= 11 is 6.14. The van der Waals surface area contributed by atoms with Gasteiger partial charge in [0, 0.05) is 47.8 Å². The Labute approximate surface area is 204 Å². The summed E-state index contributed by atoms with van der Waals surface area (Å²) in [5.74, 6) is 1.80. The topological polar surface area (TPSA) is 41.9 Å². The van der Waals surface area contributed by atoms with Gasteiger partial charge in [-0.1, -0.05) is 35.9 Å². The number of aromatic hydroxyl groups is 1. The molecule has 0 aromatic heterocycles. The van der Waals surface area contributed by atoms with E-state index in [0.29, 0.717) is 17.4 Å². The van der Waals surface area contributed by atoms with Crippen LogP contribution in [0.5, 0.6) is 17.2 Å². The van der Waals surface area contributed by atoms with Crippen molar-refractivity contribution in [3.05, 3.63) is 88.4 Å². The van der Waals surface area contributed by atoms with E-state index in [0.717, 1.165) is 53.2 Å². The molecule has 3 aromatic rings. The average molecular weight is 480 g/mol. The molecule has 3 aromatic carbocycles. The average Bonchev–Trinajstić information content (AvgIpc) is 2.81. The van der Waals surface area contributed by atoms with E-state index in [-0.39, 0.29) is 24.4 Å². The first-order chi connectivity index (χ1) is 16.5. The van der Waals surface area contributed by atoms with Gasteiger partial charge in [-0.25, -0.2) is 0 Å². The molecule has 0 spiro atoms. The van der Waals surface area contributed by atoms with Crippen LogP contribution in [0, 0.1) is 5.92 Å². The summed E-state index contributed by atoms with van der Waals surface area (Å²) in [6.45, 7) is 4.84. The molecule has 0 aliphatic carbocycles. The molecule has 1 N–H and O–H groups in total. The van der Waals surface area contributed by atoms with E-state index in [2.05, 4.69) is 11.8 Å². The normalized spacial score (nSPS) is 18.3. The molecular weight excluding hydrogens is 453 g/mol. The van der Waals surface area contributed by atoms with Crippen LogP contribution in [0.25, 0.3) is 11.1 Å². The highest BCUT2D eigenvalue weighted by Crippen LogP contribution is 2.47. The molecule has 6 heteroatoms. The molecule has 1 fully saturated rings. The number of hydrogen-bond acceptors (Lipinski definition) is 4. The first-order valence-electron chi connectivity index (χ1n) is 11.5. The lowest BCUT2D eigenvalue weighted by molar-refractivity contribution is 0.0668. The Bertz CT molecular complexity index is 1190. The molecule has 2 aliphatic rings. The fourth-order valence-electron chi connectivity index (χ4n) is 4.67. The SMILES string of the molecule is CC1=C(c2ccc(Cl)cc2)[C@H](c2ccc(OCCN3CC(CF)C3)cc2)Oc2cc(O)ccc21. The van der Waals surface area contributed by atoms with Gasteiger partial charge in [0.1, 0.15) is 30.0 Å². The number of ether oxygens (including phenoxy) is 2. The lowest BCUT2D eigenvalue weighted by Crippen LogP contribution is -2.49. The van der Waals surface area contributed by atoms with E-state index < -0.39 is 0 Å². The second-order valence-corrected chi connectivity index (χ2v) is 9.36. The zero-order valence-corrected chi connectivity index (χ0v) is 19.8. The van der Waals surface area contributed by atoms with Gasteiger partial charge < -0.3 is 14.6 Å². The van der Waals surface area contributed by atoms with Crippen molar-refractivity contribution in [1.29, 1.82) is 0 Å². The maximum absolute atomic E-state index is 12.6. The van der Waals surface area contributed by atoms with Gasteiger partial charge in [0.25, 0.3) is 0 Å². The van der Waals surface area contributed by atoms with Crippen LogP contribution in [-0.4, -0.2) is 42.9 Å². The van der Waals surface area contributed by atoms with Crippen molar-refractivity contribution in [2.45, 2.75) is 13.0 Å². The summed E-state index contributed by atoms with van der Waals surface area (Å²) in [4.78, 5) is 2.20. The number of allylic oxidation sites excluding steroid dienone is 1. The van der Waals surface area contributed by atoms with Gasteiger partial charge in [-0.3, -0.25) is 9.29 Å². The molecule has 0 bridgehead atoms. The molecule has 4 nitrogen and oxygen atoms in total. The van der Waals surface area contributed by atoms with E-state index in [1.807, 2.05) is 54.6 Å². The minimum atomic E-state index is -0.344. The number of fused-ring (bicyclic) bond motifs is 1. The Morgan fingerprint density at radius 2 is 1.79 bits per heavy atom. The summed E-state index contributed by atoms with van der Waals surface area (Å²) in [5.41, 5.74) is 5.13. The highest BCUT2D eigenvalue weighted by atomic mass is 35.5. The largest absolute Gasteiger partial charge is 0.508 e. The zero-order chi connectivity index (χ0) is 23.7. The van der Waals surface area contributed by atoms with Crippen molar-refractivity contribution < 1.29 is 19.0 Å². The third kappa shape index (κ3) is 4.63. The van der Waals surface area contributed by atoms with Gasteiger partial charge >= 0.3 is 0 Å². The summed E-state index contributed by atoms with van der Waals surface area (Å²) in [6, 6.07) is 20.9. The third-order valence-corrected chi connectivity index (χ3v) is 6.80. The molecule has 2 heterocycles. The highest BCUT2D eigenvalue weighted by molar-refractivity contribution is 6.30. The fourth-order valence-corrected chi connectivity index (χ4v) is 4.79. The number of alkyl halides is 1. The molecule has 0 saturated carbocycles. The molecule has 176 valence electrons. The van der Waals surface area contributed by atoms with Gasteiger partial charge in [-0.15, -0.1) is 0 Å². The smallest absolute Gasteiger partial charge is 0.150 e. The number of rotatable bonds is 7. The Morgan fingerprint density at radius 3 is 2.50 bits per heavy atom. The number of likely N-dealkylation sites (tertiary alicyclic amines) is 1. The van der Waals surface area contributed by atoms with Gasteiger partial charge in [0.05, 0.1) is 6.67 Å². The maximum atomic E-state index is 12.6. The van der Waals surface area contributed by atoms with E-state index in [4.69, 9.17) is 21.1 Å². The lowest BCUT2D eigenvalue weighted by Gasteiger charge is -2.37. The minimum Gasteiger partial charge on any atom is -0.508 e. The van der Waals surface area contributed by atoms with Crippen molar-refractivity contribution in [3.8, 4) is 17.2 Å². The predicted molar refractivity (Wildman–Crippen MR) is 133 cm³/mol. The first kappa shape index (κ1) is 22.8. The number of phenolic OH excluding ortho intramolecular Hbond substituents is 1. The lowest BCUT2D eigenvalue weighted by atomic mass is 9.86. The Morgan fingerprint density at radius 1 is 1.06 bits per heavy atom. The fraction of sp³-hybridized carbons (Fsp3) is 0.286. The molecule has 1 atom stereocenters. The Hall–Kier alpha value is -3.02. The van der Waals surface area contributed by atoms with Crippen LogP contribution >= 0.6 is 11.6 Å². The summed E-state index contributed by atoms with van der Waals surface area (Å²) in [7, 11) is 0. The Kier molecular flexibility index (Phi) is 6.48. The quantitative estimate of drug-likeness (QED) is 0.426. The van der Waals surface area contributed by atoms with Crippen LogP contribution in [0.1, 0.15) is 29.7 Å². The van der Waals surface area contributed by atoms with Gasteiger partial charge in [-0.2, -0.15) is 0 Å². The van der Waals surface area contributed by atoms with Crippen LogP contribution in [0.2, 0.25) is 5.02 Å². The molecule has 2 aliphatic heterocycles. The van der Waals surface area contributed by atoms with Crippen molar-refractivity contribution in [3.63, 3.8) is 0 Å². The molecule has 1 saturated heterocycles. The van der Waals surface area contributed by atoms with Gasteiger partial charge in [0.15, 0.2) is 0 Å². The van der Waals surface area contributed by atoms with E-state index in [1.54, 1.807) is 12.1 Å². The zero-order valence-electron chi connectivity index (χ0n) is 19.0. The standard InChI is InChI=1S/C28H27ClFNO3/c1-18-25-11-8-23(32)14-26(25)34-28(27(18)20-2-6-22(29)7-3-20)21-4-9-24(10-5-21)33-13-12-31-16-19(15-30)17-31/h2-11,14,19,28,32H,12-13,15-17H2,1H3/t28-/m0/s1. The van der Waals surface area contributed by atoms with E-state index >= 15 is 0 Å². The van der Waals surface area contributed by atoms with E-state index in [9.17, 15) is 9.50 Å². The number of phenols is 1. The maximum Gasteiger partial charge on any atom is 0.150 e. The molecule has 0 unspecified atom stereocenters. The van der Waals surface area contributed by atoms with Gasteiger partial charge in [-0.05, 0) is 60.0 Å². The van der Waals surface area contributed by atoms with Crippen LogP contribution in [0.15, 0.2) is 66.7 Å². The van der Waals surface area contributed by atoms with Crippen LogP contribution in [0.3, 0.4) is 0 Å². The third-order valence-electron chi connectivity index (χ3n) is 6.55. The van der Waals surface area contributed by atoms with Crippen molar-refractivity contribution in [2.75, 3.05) is 32.9 Å². The Balaban J connectivity index is 1.37. The molecule has 34 heavy (non-hydrogen) atoms. The number of halogens is 2. The summed E-state index contributed by atoms with van der Waals surface area (Å²) in [5, 5.41) is 10.7.